The molecule has 3 aromatic rings. The Bertz CT molecular complexity index is 1190. The summed E-state index contributed by atoms with van der Waals surface area (Å²) in [6.45, 7) is 4.17. The van der Waals surface area contributed by atoms with Crippen LogP contribution >= 0.6 is 0 Å². The second-order valence-electron chi connectivity index (χ2n) is 10.6. The smallest absolute Gasteiger partial charge is 0.251 e. The molecule has 0 spiro atoms. The number of nitrogens with one attached hydrogen (secondary N) is 3. The topological polar surface area (TPSA) is 117 Å². The van der Waals surface area contributed by atoms with E-state index in [1.807, 2.05) is 24.3 Å². The standard InChI is InChI=1S/C31H42N4O4/c1-23(28-10-6-8-24-7-2-3-9-29(24)28)34-26-15-18-35(19-26)27-13-11-25(12-14-27)30(39)32-16-4-5-17-33-31(20-36,21-37)22-38/h2-3,6-14,23,26,33-34,36-38H,4-5,15-22H2,1H3,(H,32,39)/t23-,26+/m1/s1. The Morgan fingerprint density at radius 2 is 1.64 bits per heavy atom. The molecule has 39 heavy (non-hydrogen) atoms. The molecule has 0 unspecified atom stereocenters. The molecule has 0 radical (unpaired) electrons. The molecule has 0 saturated carbocycles. The van der Waals surface area contributed by atoms with Gasteiger partial charge in [-0.1, -0.05) is 42.5 Å². The summed E-state index contributed by atoms with van der Waals surface area (Å²) >= 11 is 0. The number of unbranched alkanes of at least 4 members (excludes halogenated alkanes) is 1. The average Bonchev–Trinajstić information content (AvgIpc) is 3.45. The first-order valence-corrected chi connectivity index (χ1v) is 13.9. The van der Waals surface area contributed by atoms with Crippen LogP contribution in [0.4, 0.5) is 5.69 Å². The van der Waals surface area contributed by atoms with Crippen molar-refractivity contribution in [2.24, 2.45) is 0 Å². The third-order valence-electron chi connectivity index (χ3n) is 7.76. The van der Waals surface area contributed by atoms with Crippen LogP contribution in [0.2, 0.25) is 0 Å². The monoisotopic (exact) mass is 534 g/mol. The Kier molecular flexibility index (Phi) is 10.3. The molecular weight excluding hydrogens is 492 g/mol. The molecule has 4 rings (SSSR count). The number of anilines is 1. The maximum atomic E-state index is 12.6. The molecule has 8 heteroatoms. The number of carbonyl (C=O) groups is 1. The Hall–Kier alpha value is -3.01. The molecule has 3 aromatic carbocycles. The zero-order valence-corrected chi connectivity index (χ0v) is 22.8. The van der Waals surface area contributed by atoms with Crippen LogP contribution in [-0.2, 0) is 0 Å². The lowest BCUT2D eigenvalue weighted by atomic mass is 9.99. The average molecular weight is 535 g/mol. The van der Waals surface area contributed by atoms with E-state index in [1.165, 1.54) is 16.3 Å². The minimum Gasteiger partial charge on any atom is -0.394 e. The van der Waals surface area contributed by atoms with Gasteiger partial charge in [-0.2, -0.15) is 0 Å². The van der Waals surface area contributed by atoms with Gasteiger partial charge < -0.3 is 36.2 Å². The minimum absolute atomic E-state index is 0.102. The number of aliphatic hydroxyl groups excluding tert-OH is 3. The molecule has 8 nitrogen and oxygen atoms in total. The number of benzene rings is 3. The summed E-state index contributed by atoms with van der Waals surface area (Å²) in [6.07, 6.45) is 2.56. The van der Waals surface area contributed by atoms with Crippen molar-refractivity contribution >= 4 is 22.4 Å². The van der Waals surface area contributed by atoms with Crippen LogP contribution in [0, 0.1) is 0 Å². The van der Waals surface area contributed by atoms with Crippen molar-refractivity contribution in [3.05, 3.63) is 77.9 Å². The number of rotatable bonds is 14. The number of nitrogens with zero attached hydrogens (tertiary/aromatic N) is 1. The van der Waals surface area contributed by atoms with Gasteiger partial charge in [-0.15, -0.1) is 0 Å². The first kappa shape index (κ1) is 29.0. The molecule has 1 fully saturated rings. The summed E-state index contributed by atoms with van der Waals surface area (Å²) in [7, 11) is 0. The van der Waals surface area contributed by atoms with E-state index in [0.717, 1.165) is 38.0 Å². The highest BCUT2D eigenvalue weighted by Crippen LogP contribution is 2.27. The van der Waals surface area contributed by atoms with E-state index in [2.05, 4.69) is 70.2 Å². The first-order valence-electron chi connectivity index (χ1n) is 13.9. The third-order valence-corrected chi connectivity index (χ3v) is 7.76. The summed E-state index contributed by atoms with van der Waals surface area (Å²) < 4.78 is 0. The summed E-state index contributed by atoms with van der Waals surface area (Å²) in [5, 5.41) is 40.4. The van der Waals surface area contributed by atoms with Gasteiger partial charge >= 0.3 is 0 Å². The fraction of sp³-hybridized carbons (Fsp3) is 0.452. The van der Waals surface area contributed by atoms with Crippen LogP contribution in [0.5, 0.6) is 0 Å². The summed E-state index contributed by atoms with van der Waals surface area (Å²) in [5.74, 6) is -0.102. The fourth-order valence-electron chi connectivity index (χ4n) is 5.25. The zero-order valence-electron chi connectivity index (χ0n) is 22.8. The van der Waals surface area contributed by atoms with Gasteiger partial charge in [0.05, 0.1) is 25.4 Å². The van der Waals surface area contributed by atoms with Crippen molar-refractivity contribution < 1.29 is 20.1 Å². The van der Waals surface area contributed by atoms with Gasteiger partial charge in [-0.3, -0.25) is 4.79 Å². The molecule has 1 aliphatic rings. The lowest BCUT2D eigenvalue weighted by Gasteiger charge is -2.28. The maximum Gasteiger partial charge on any atom is 0.251 e. The van der Waals surface area contributed by atoms with E-state index in [-0.39, 0.29) is 31.8 Å². The van der Waals surface area contributed by atoms with Crippen molar-refractivity contribution in [2.45, 2.75) is 43.8 Å². The van der Waals surface area contributed by atoms with Gasteiger partial charge in [0.1, 0.15) is 0 Å². The van der Waals surface area contributed by atoms with Crippen molar-refractivity contribution in [3.63, 3.8) is 0 Å². The molecular formula is C31H42N4O4. The van der Waals surface area contributed by atoms with Crippen LogP contribution in [0.15, 0.2) is 66.7 Å². The number of hydrogen-bond acceptors (Lipinski definition) is 7. The van der Waals surface area contributed by atoms with Gasteiger partial charge in [0.2, 0.25) is 0 Å². The number of carbonyl (C=O) groups excluding carboxylic acids is 1. The summed E-state index contributed by atoms with van der Waals surface area (Å²) in [6, 6.07) is 23.5. The second kappa shape index (κ2) is 13.9. The molecule has 6 N–H and O–H groups in total. The predicted molar refractivity (Wildman–Crippen MR) is 156 cm³/mol. The number of fused-ring (bicyclic) bond motifs is 1. The lowest BCUT2D eigenvalue weighted by molar-refractivity contribution is 0.0426. The molecule has 1 aliphatic heterocycles. The Morgan fingerprint density at radius 1 is 0.949 bits per heavy atom. The van der Waals surface area contributed by atoms with Crippen molar-refractivity contribution in [1.29, 1.82) is 0 Å². The Morgan fingerprint density at radius 3 is 2.38 bits per heavy atom. The van der Waals surface area contributed by atoms with Gasteiger partial charge in [0.15, 0.2) is 0 Å². The number of hydrogen-bond donors (Lipinski definition) is 6. The van der Waals surface area contributed by atoms with Crippen molar-refractivity contribution in [1.82, 2.24) is 16.0 Å². The minimum atomic E-state index is -1.06. The van der Waals surface area contributed by atoms with E-state index < -0.39 is 5.54 Å². The molecule has 1 amide bonds. The SMILES string of the molecule is C[C@@H](N[C@H]1CCN(c2ccc(C(=O)NCCCCNC(CO)(CO)CO)cc2)C1)c1cccc2ccccc12. The molecule has 210 valence electrons. The predicted octanol–water partition coefficient (Wildman–Crippen LogP) is 2.58. The Balaban J connectivity index is 1.21. The second-order valence-corrected chi connectivity index (χ2v) is 10.6. The molecule has 1 heterocycles. The molecule has 0 aliphatic carbocycles. The van der Waals surface area contributed by atoms with Crippen molar-refractivity contribution in [3.8, 4) is 0 Å². The van der Waals surface area contributed by atoms with Crippen LogP contribution in [0.3, 0.4) is 0 Å². The van der Waals surface area contributed by atoms with E-state index in [9.17, 15) is 20.1 Å². The summed E-state index contributed by atoms with van der Waals surface area (Å²) in [4.78, 5) is 14.9. The lowest BCUT2D eigenvalue weighted by Crippen LogP contribution is -2.55. The third kappa shape index (κ3) is 7.35. The first-order chi connectivity index (χ1) is 19.0. The van der Waals surface area contributed by atoms with E-state index in [4.69, 9.17) is 0 Å². The van der Waals surface area contributed by atoms with Gasteiger partial charge in [-0.25, -0.2) is 0 Å². The highest BCUT2D eigenvalue weighted by molar-refractivity contribution is 5.94. The molecule has 0 aromatic heterocycles. The number of aliphatic hydroxyl groups is 3. The summed E-state index contributed by atoms with van der Waals surface area (Å²) in [5.41, 5.74) is 2.02. The number of amides is 1. The van der Waals surface area contributed by atoms with Crippen LogP contribution in [-0.4, -0.2) is 78.8 Å². The normalized spacial score (nSPS) is 16.5. The quantitative estimate of drug-likeness (QED) is 0.176. The largest absolute Gasteiger partial charge is 0.394 e. The maximum absolute atomic E-state index is 12.6. The van der Waals surface area contributed by atoms with Gasteiger partial charge in [-0.05, 0) is 73.3 Å². The highest BCUT2D eigenvalue weighted by atomic mass is 16.3. The van der Waals surface area contributed by atoms with Crippen LogP contribution in [0.25, 0.3) is 10.8 Å². The van der Waals surface area contributed by atoms with Crippen molar-refractivity contribution in [2.75, 3.05) is 50.9 Å². The van der Waals surface area contributed by atoms with Crippen LogP contribution < -0.4 is 20.9 Å². The molecule has 0 bridgehead atoms. The van der Waals surface area contributed by atoms with E-state index >= 15 is 0 Å². The van der Waals surface area contributed by atoms with Gasteiger partial charge in [0.25, 0.3) is 5.91 Å². The van der Waals surface area contributed by atoms with E-state index in [0.29, 0.717) is 24.7 Å². The molecule has 2 atom stereocenters. The fourth-order valence-corrected chi connectivity index (χ4v) is 5.25. The highest BCUT2D eigenvalue weighted by Gasteiger charge is 2.27. The Labute approximate surface area is 231 Å². The van der Waals surface area contributed by atoms with Gasteiger partial charge in [0, 0.05) is 43.0 Å². The van der Waals surface area contributed by atoms with Crippen LogP contribution in [0.1, 0.15) is 48.1 Å². The molecule has 1 saturated heterocycles. The zero-order chi connectivity index (χ0) is 27.7. The van der Waals surface area contributed by atoms with E-state index in [1.54, 1.807) is 0 Å².